The van der Waals surface area contributed by atoms with Crippen LogP contribution in [0.4, 0.5) is 5.13 Å². The number of hydrogen-bond donors (Lipinski definition) is 1. The van der Waals surface area contributed by atoms with Crippen LogP contribution in [-0.4, -0.2) is 42.1 Å². The van der Waals surface area contributed by atoms with Crippen molar-refractivity contribution in [2.75, 3.05) is 31.6 Å². The van der Waals surface area contributed by atoms with Crippen LogP contribution in [0, 0.1) is 6.92 Å². The van der Waals surface area contributed by atoms with Crippen molar-refractivity contribution in [3.05, 3.63) is 46.5 Å². The molecule has 25 heavy (non-hydrogen) atoms. The minimum absolute atomic E-state index is 0.0411. The fraction of sp³-hybridized carbons (Fsp3) is 0.474. The molecule has 1 saturated heterocycles. The van der Waals surface area contributed by atoms with E-state index in [1.54, 1.807) is 0 Å². The summed E-state index contributed by atoms with van der Waals surface area (Å²) in [6, 6.07) is 8.49. The SMILES string of the molecule is Cc1ccc(CCCC(=O)Nc2nc(CN3CCOCC3)cs2)cc1. The molecule has 1 fully saturated rings. The van der Waals surface area contributed by atoms with Crippen LogP contribution in [0.2, 0.25) is 0 Å². The first-order valence-electron chi connectivity index (χ1n) is 8.79. The Labute approximate surface area is 153 Å². The second-order valence-electron chi connectivity index (χ2n) is 6.42. The minimum atomic E-state index is 0.0411. The van der Waals surface area contributed by atoms with Gasteiger partial charge in [-0.1, -0.05) is 29.8 Å². The Balaban J connectivity index is 1.39. The number of aryl methyl sites for hydroxylation is 2. The largest absolute Gasteiger partial charge is 0.379 e. The Morgan fingerprint density at radius 3 is 2.80 bits per heavy atom. The molecule has 1 amide bonds. The monoisotopic (exact) mass is 359 g/mol. The lowest BCUT2D eigenvalue weighted by Crippen LogP contribution is -2.35. The van der Waals surface area contributed by atoms with E-state index in [0.717, 1.165) is 51.4 Å². The second-order valence-corrected chi connectivity index (χ2v) is 7.28. The number of carbonyl (C=O) groups excluding carboxylic acids is 1. The molecule has 1 aromatic heterocycles. The molecule has 1 aliphatic heterocycles. The number of rotatable bonds is 7. The Kier molecular flexibility index (Phi) is 6.55. The molecular weight excluding hydrogens is 334 g/mol. The number of nitrogens with one attached hydrogen (secondary N) is 1. The van der Waals surface area contributed by atoms with Crippen LogP contribution >= 0.6 is 11.3 Å². The van der Waals surface area contributed by atoms with Gasteiger partial charge in [0.2, 0.25) is 5.91 Å². The molecule has 6 heteroatoms. The molecule has 134 valence electrons. The number of anilines is 1. The number of benzene rings is 1. The molecule has 3 rings (SSSR count). The summed E-state index contributed by atoms with van der Waals surface area (Å²) in [5.41, 5.74) is 3.56. The van der Waals surface area contributed by atoms with Crippen molar-refractivity contribution in [1.82, 2.24) is 9.88 Å². The van der Waals surface area contributed by atoms with Gasteiger partial charge in [0.05, 0.1) is 18.9 Å². The van der Waals surface area contributed by atoms with Crippen molar-refractivity contribution in [3.63, 3.8) is 0 Å². The minimum Gasteiger partial charge on any atom is -0.379 e. The van der Waals surface area contributed by atoms with E-state index in [2.05, 4.69) is 46.4 Å². The van der Waals surface area contributed by atoms with E-state index in [-0.39, 0.29) is 5.91 Å². The number of aromatic nitrogens is 1. The van der Waals surface area contributed by atoms with Crippen LogP contribution in [0.3, 0.4) is 0 Å². The molecule has 5 nitrogen and oxygen atoms in total. The van der Waals surface area contributed by atoms with Gasteiger partial charge in [-0.3, -0.25) is 9.69 Å². The van der Waals surface area contributed by atoms with Crippen LogP contribution in [0.5, 0.6) is 0 Å². The number of nitrogens with zero attached hydrogens (tertiary/aromatic N) is 2. The predicted molar refractivity (Wildman–Crippen MR) is 101 cm³/mol. The summed E-state index contributed by atoms with van der Waals surface area (Å²) in [6.07, 6.45) is 2.29. The molecule has 2 heterocycles. The molecule has 0 spiro atoms. The molecule has 0 atom stereocenters. The number of thiazole rings is 1. The first-order chi connectivity index (χ1) is 12.2. The Hall–Kier alpha value is -1.76. The van der Waals surface area contributed by atoms with Gasteiger partial charge in [0.25, 0.3) is 0 Å². The van der Waals surface area contributed by atoms with Crippen LogP contribution < -0.4 is 5.32 Å². The van der Waals surface area contributed by atoms with E-state index in [4.69, 9.17) is 4.74 Å². The molecule has 0 aliphatic carbocycles. The highest BCUT2D eigenvalue weighted by molar-refractivity contribution is 7.13. The molecular formula is C19H25N3O2S. The van der Waals surface area contributed by atoms with Crippen molar-refractivity contribution in [1.29, 1.82) is 0 Å². The number of amides is 1. The lowest BCUT2D eigenvalue weighted by Gasteiger charge is -2.25. The first kappa shape index (κ1) is 18.0. The lowest BCUT2D eigenvalue weighted by atomic mass is 10.1. The third-order valence-electron chi connectivity index (χ3n) is 4.28. The van der Waals surface area contributed by atoms with Gasteiger partial charge in [-0.2, -0.15) is 0 Å². The van der Waals surface area contributed by atoms with Crippen molar-refractivity contribution >= 4 is 22.4 Å². The average molecular weight is 359 g/mol. The van der Waals surface area contributed by atoms with Crippen LogP contribution in [-0.2, 0) is 22.5 Å². The maximum atomic E-state index is 12.1. The van der Waals surface area contributed by atoms with Crippen LogP contribution in [0.25, 0.3) is 0 Å². The van der Waals surface area contributed by atoms with E-state index in [1.807, 2.05) is 5.38 Å². The molecule has 2 aromatic rings. The van der Waals surface area contributed by atoms with E-state index in [1.165, 1.54) is 22.5 Å². The van der Waals surface area contributed by atoms with Gasteiger partial charge in [0, 0.05) is 31.4 Å². The molecule has 0 unspecified atom stereocenters. The lowest BCUT2D eigenvalue weighted by molar-refractivity contribution is -0.116. The summed E-state index contributed by atoms with van der Waals surface area (Å²) in [6.45, 7) is 6.36. The summed E-state index contributed by atoms with van der Waals surface area (Å²) < 4.78 is 5.35. The highest BCUT2D eigenvalue weighted by atomic mass is 32.1. The van der Waals surface area contributed by atoms with Gasteiger partial charge in [-0.25, -0.2) is 4.98 Å². The third-order valence-corrected chi connectivity index (χ3v) is 5.08. The fourth-order valence-electron chi connectivity index (χ4n) is 2.81. The third kappa shape index (κ3) is 5.92. The van der Waals surface area contributed by atoms with E-state index in [9.17, 15) is 4.79 Å². The number of hydrogen-bond acceptors (Lipinski definition) is 5. The topological polar surface area (TPSA) is 54.5 Å². The fourth-order valence-corrected chi connectivity index (χ4v) is 3.53. The van der Waals surface area contributed by atoms with Crippen molar-refractivity contribution in [3.8, 4) is 0 Å². The smallest absolute Gasteiger partial charge is 0.226 e. The normalized spacial score (nSPS) is 15.2. The molecule has 0 radical (unpaired) electrons. The van der Waals surface area contributed by atoms with E-state index < -0.39 is 0 Å². The van der Waals surface area contributed by atoms with Gasteiger partial charge in [-0.15, -0.1) is 11.3 Å². The zero-order valence-corrected chi connectivity index (χ0v) is 15.5. The summed E-state index contributed by atoms with van der Waals surface area (Å²) in [7, 11) is 0. The standard InChI is InChI=1S/C19H25N3O2S/c1-15-5-7-16(8-6-15)3-2-4-18(23)21-19-20-17(14-25-19)13-22-9-11-24-12-10-22/h5-8,14H,2-4,9-13H2,1H3,(H,20,21,23). The Bertz CT molecular complexity index is 678. The van der Waals surface area contributed by atoms with Gasteiger partial charge in [0.1, 0.15) is 0 Å². The van der Waals surface area contributed by atoms with Crippen molar-refractivity contribution < 1.29 is 9.53 Å². The quantitative estimate of drug-likeness (QED) is 0.824. The summed E-state index contributed by atoms with van der Waals surface area (Å²) in [5.74, 6) is 0.0411. The van der Waals surface area contributed by atoms with Crippen molar-refractivity contribution in [2.24, 2.45) is 0 Å². The number of morpholine rings is 1. The number of carbonyl (C=O) groups is 1. The maximum absolute atomic E-state index is 12.1. The summed E-state index contributed by atoms with van der Waals surface area (Å²) in [5, 5.41) is 5.64. The Morgan fingerprint density at radius 1 is 1.28 bits per heavy atom. The Morgan fingerprint density at radius 2 is 2.04 bits per heavy atom. The van der Waals surface area contributed by atoms with Crippen molar-refractivity contribution in [2.45, 2.75) is 32.7 Å². The predicted octanol–water partition coefficient (Wildman–Crippen LogP) is 3.25. The molecule has 1 aliphatic rings. The number of ether oxygens (including phenoxy) is 1. The van der Waals surface area contributed by atoms with Crippen LogP contribution in [0.15, 0.2) is 29.6 Å². The van der Waals surface area contributed by atoms with Gasteiger partial charge in [-0.05, 0) is 25.3 Å². The van der Waals surface area contributed by atoms with Gasteiger partial charge >= 0.3 is 0 Å². The summed E-state index contributed by atoms with van der Waals surface area (Å²) in [4.78, 5) is 18.9. The highest BCUT2D eigenvalue weighted by Gasteiger charge is 2.13. The maximum Gasteiger partial charge on any atom is 0.226 e. The zero-order chi connectivity index (χ0) is 17.5. The summed E-state index contributed by atoms with van der Waals surface area (Å²) >= 11 is 1.50. The van der Waals surface area contributed by atoms with Gasteiger partial charge in [0.15, 0.2) is 5.13 Å². The van der Waals surface area contributed by atoms with Crippen LogP contribution in [0.1, 0.15) is 29.7 Å². The molecule has 1 aromatic carbocycles. The second kappa shape index (κ2) is 9.08. The van der Waals surface area contributed by atoms with E-state index in [0.29, 0.717) is 11.6 Å². The first-order valence-corrected chi connectivity index (χ1v) is 9.67. The van der Waals surface area contributed by atoms with E-state index >= 15 is 0 Å². The van der Waals surface area contributed by atoms with Gasteiger partial charge < -0.3 is 10.1 Å². The molecule has 1 N–H and O–H groups in total. The zero-order valence-electron chi connectivity index (χ0n) is 14.7. The molecule has 0 saturated carbocycles. The average Bonchev–Trinajstić information content (AvgIpc) is 3.04. The highest BCUT2D eigenvalue weighted by Crippen LogP contribution is 2.18. The molecule has 0 bridgehead atoms.